The van der Waals surface area contributed by atoms with Crippen molar-refractivity contribution in [2.24, 2.45) is 0 Å². The van der Waals surface area contributed by atoms with E-state index in [0.29, 0.717) is 6.42 Å². The minimum atomic E-state index is 0.176. The van der Waals surface area contributed by atoms with Crippen LogP contribution in [0.2, 0.25) is 0 Å². The molecule has 1 atom stereocenters. The van der Waals surface area contributed by atoms with Crippen LogP contribution in [0.25, 0.3) is 0 Å². The van der Waals surface area contributed by atoms with Gasteiger partial charge in [-0.1, -0.05) is 6.08 Å². The third-order valence-electron chi connectivity index (χ3n) is 2.97. The number of rotatable bonds is 5. The third-order valence-corrected chi connectivity index (χ3v) is 2.97. The molecule has 0 aromatic heterocycles. The van der Waals surface area contributed by atoms with E-state index in [0.717, 1.165) is 32.2 Å². The topological polar surface area (TPSA) is 40.5 Å². The molecule has 3 nitrogen and oxygen atoms in total. The molecule has 1 N–H and O–H groups in total. The number of likely N-dealkylation sites (tertiary alicyclic amines) is 1. The Labute approximate surface area is 91.8 Å². The van der Waals surface area contributed by atoms with Crippen LogP contribution >= 0.6 is 0 Å². The Hall–Kier alpha value is -0.830. The molecular formula is C12H21NO2. The quantitative estimate of drug-likeness (QED) is 0.703. The molecule has 15 heavy (non-hydrogen) atoms. The van der Waals surface area contributed by atoms with Gasteiger partial charge in [-0.25, -0.2) is 0 Å². The molecule has 3 heteroatoms. The number of aliphatic hydroxyl groups excluding tert-OH is 1. The normalized spacial score (nSPS) is 21.4. The van der Waals surface area contributed by atoms with Crippen molar-refractivity contribution in [3.8, 4) is 0 Å². The first-order chi connectivity index (χ1) is 7.29. The number of aliphatic hydroxyl groups is 1. The van der Waals surface area contributed by atoms with E-state index in [4.69, 9.17) is 5.11 Å². The van der Waals surface area contributed by atoms with Crippen LogP contribution in [-0.4, -0.2) is 35.1 Å². The Morgan fingerprint density at radius 1 is 1.53 bits per heavy atom. The predicted octanol–water partition coefficient (Wildman–Crippen LogP) is 1.72. The minimum Gasteiger partial charge on any atom is -0.396 e. The number of hydrogen-bond acceptors (Lipinski definition) is 2. The summed E-state index contributed by atoms with van der Waals surface area (Å²) in [5, 5.41) is 8.94. The fraction of sp³-hybridized carbons (Fsp3) is 0.750. The second-order valence-electron chi connectivity index (χ2n) is 4.08. The molecule has 1 aliphatic rings. The maximum atomic E-state index is 11.8. The lowest BCUT2D eigenvalue weighted by Gasteiger charge is -2.35. The smallest absolute Gasteiger partial charge is 0.223 e. The highest BCUT2D eigenvalue weighted by Gasteiger charge is 2.25. The van der Waals surface area contributed by atoms with Gasteiger partial charge in [0.1, 0.15) is 0 Å². The van der Waals surface area contributed by atoms with Crippen molar-refractivity contribution in [2.45, 2.75) is 44.6 Å². The first kappa shape index (κ1) is 12.2. The lowest BCUT2D eigenvalue weighted by molar-refractivity contribution is -0.135. The molecule has 0 saturated carbocycles. The summed E-state index contributed by atoms with van der Waals surface area (Å²) < 4.78 is 0. The highest BCUT2D eigenvalue weighted by atomic mass is 16.3. The van der Waals surface area contributed by atoms with E-state index in [1.54, 1.807) is 6.08 Å². The van der Waals surface area contributed by atoms with Gasteiger partial charge in [0, 0.05) is 25.6 Å². The molecule has 0 aromatic rings. The van der Waals surface area contributed by atoms with Gasteiger partial charge in [-0.3, -0.25) is 4.79 Å². The molecule has 86 valence electrons. The molecule has 0 spiro atoms. The van der Waals surface area contributed by atoms with E-state index in [9.17, 15) is 4.79 Å². The fourth-order valence-corrected chi connectivity index (χ4v) is 2.15. The molecule has 1 fully saturated rings. The van der Waals surface area contributed by atoms with Crippen LogP contribution in [0.3, 0.4) is 0 Å². The number of hydrogen-bond donors (Lipinski definition) is 1. The minimum absolute atomic E-state index is 0.176. The van der Waals surface area contributed by atoms with Crippen LogP contribution in [-0.2, 0) is 4.79 Å². The Kier molecular flexibility index (Phi) is 5.40. The first-order valence-electron chi connectivity index (χ1n) is 5.80. The average Bonchev–Trinajstić information content (AvgIpc) is 2.27. The first-order valence-corrected chi connectivity index (χ1v) is 5.80. The molecule has 0 bridgehead atoms. The fourth-order valence-electron chi connectivity index (χ4n) is 2.15. The standard InChI is InChI=1S/C12H21NO2/c1-2-3-7-12(15)13-9-5-4-6-11(13)8-10-14/h2,11,14H,1,3-10H2. The Morgan fingerprint density at radius 2 is 2.33 bits per heavy atom. The van der Waals surface area contributed by atoms with Crippen LogP contribution in [0.5, 0.6) is 0 Å². The highest BCUT2D eigenvalue weighted by Crippen LogP contribution is 2.20. The van der Waals surface area contributed by atoms with Crippen molar-refractivity contribution < 1.29 is 9.90 Å². The van der Waals surface area contributed by atoms with E-state index in [1.807, 2.05) is 4.90 Å². The van der Waals surface area contributed by atoms with Crippen LogP contribution in [0.1, 0.15) is 38.5 Å². The van der Waals surface area contributed by atoms with Crippen molar-refractivity contribution in [2.75, 3.05) is 13.2 Å². The molecular weight excluding hydrogens is 190 g/mol. The SMILES string of the molecule is C=CCCC(=O)N1CCCCC1CCO. The summed E-state index contributed by atoms with van der Waals surface area (Å²) in [4.78, 5) is 13.8. The summed E-state index contributed by atoms with van der Waals surface area (Å²) in [6, 6.07) is 0.265. The summed E-state index contributed by atoms with van der Waals surface area (Å²) in [5.74, 6) is 0.216. The predicted molar refractivity (Wildman–Crippen MR) is 60.5 cm³/mol. The van der Waals surface area contributed by atoms with Gasteiger partial charge in [0.15, 0.2) is 0 Å². The zero-order valence-corrected chi connectivity index (χ0v) is 9.32. The van der Waals surface area contributed by atoms with Crippen LogP contribution in [0, 0.1) is 0 Å². The van der Waals surface area contributed by atoms with Crippen LogP contribution in [0.15, 0.2) is 12.7 Å². The summed E-state index contributed by atoms with van der Waals surface area (Å²) in [5.41, 5.74) is 0. The molecule has 1 saturated heterocycles. The Bertz CT molecular complexity index is 214. The summed E-state index contributed by atoms with van der Waals surface area (Å²) in [6.45, 7) is 4.66. The molecule has 1 amide bonds. The van der Waals surface area contributed by atoms with Gasteiger partial charge in [0.05, 0.1) is 0 Å². The van der Waals surface area contributed by atoms with E-state index in [2.05, 4.69) is 6.58 Å². The molecule has 0 aliphatic carbocycles. The maximum absolute atomic E-state index is 11.8. The third kappa shape index (κ3) is 3.67. The van der Waals surface area contributed by atoms with Gasteiger partial charge in [0.2, 0.25) is 5.91 Å². The second-order valence-corrected chi connectivity index (χ2v) is 4.08. The number of carbonyl (C=O) groups excluding carboxylic acids is 1. The second kappa shape index (κ2) is 6.62. The van der Waals surface area contributed by atoms with E-state index in [-0.39, 0.29) is 18.6 Å². The molecule has 0 aromatic carbocycles. The zero-order chi connectivity index (χ0) is 11.1. The van der Waals surface area contributed by atoms with E-state index < -0.39 is 0 Å². The number of amides is 1. The number of nitrogens with zero attached hydrogens (tertiary/aromatic N) is 1. The van der Waals surface area contributed by atoms with Crippen molar-refractivity contribution in [3.05, 3.63) is 12.7 Å². The van der Waals surface area contributed by atoms with Crippen LogP contribution in [0.4, 0.5) is 0 Å². The molecule has 0 radical (unpaired) electrons. The van der Waals surface area contributed by atoms with E-state index >= 15 is 0 Å². The lowest BCUT2D eigenvalue weighted by Crippen LogP contribution is -2.44. The number of carbonyl (C=O) groups is 1. The van der Waals surface area contributed by atoms with Crippen molar-refractivity contribution in [3.63, 3.8) is 0 Å². The Balaban J connectivity index is 2.46. The summed E-state index contributed by atoms with van der Waals surface area (Å²) >= 11 is 0. The van der Waals surface area contributed by atoms with Gasteiger partial charge in [-0.2, -0.15) is 0 Å². The maximum Gasteiger partial charge on any atom is 0.223 e. The zero-order valence-electron chi connectivity index (χ0n) is 9.32. The van der Waals surface area contributed by atoms with Crippen LogP contribution < -0.4 is 0 Å². The molecule has 1 unspecified atom stereocenters. The monoisotopic (exact) mass is 211 g/mol. The summed E-state index contributed by atoms with van der Waals surface area (Å²) in [6.07, 6.45) is 7.13. The van der Waals surface area contributed by atoms with Crippen molar-refractivity contribution in [1.82, 2.24) is 4.90 Å². The Morgan fingerprint density at radius 3 is 3.00 bits per heavy atom. The number of piperidine rings is 1. The van der Waals surface area contributed by atoms with Gasteiger partial charge in [-0.15, -0.1) is 6.58 Å². The highest BCUT2D eigenvalue weighted by molar-refractivity contribution is 5.76. The van der Waals surface area contributed by atoms with Gasteiger partial charge in [0.25, 0.3) is 0 Å². The van der Waals surface area contributed by atoms with Gasteiger partial charge < -0.3 is 10.0 Å². The summed E-state index contributed by atoms with van der Waals surface area (Å²) in [7, 11) is 0. The molecule has 1 heterocycles. The number of allylic oxidation sites excluding steroid dienone is 1. The molecule has 1 rings (SSSR count). The largest absolute Gasteiger partial charge is 0.396 e. The van der Waals surface area contributed by atoms with Crippen molar-refractivity contribution in [1.29, 1.82) is 0 Å². The van der Waals surface area contributed by atoms with Crippen molar-refractivity contribution >= 4 is 5.91 Å². The van der Waals surface area contributed by atoms with Gasteiger partial charge in [-0.05, 0) is 32.1 Å². The van der Waals surface area contributed by atoms with Gasteiger partial charge >= 0.3 is 0 Å². The molecule has 1 aliphatic heterocycles. The van der Waals surface area contributed by atoms with E-state index in [1.165, 1.54) is 6.42 Å². The lowest BCUT2D eigenvalue weighted by atomic mass is 9.99. The average molecular weight is 211 g/mol.